The average molecular weight is 293 g/mol. The SMILES string of the molecule is CCC(CC)CN(CC)C1CC(C(C)(C)C)CCC1C#N. The second-order valence-corrected chi connectivity index (χ2v) is 7.95. The number of hydrogen-bond donors (Lipinski definition) is 0. The summed E-state index contributed by atoms with van der Waals surface area (Å²) >= 11 is 0. The Balaban J connectivity index is 2.83. The van der Waals surface area contributed by atoms with Gasteiger partial charge in [-0.1, -0.05) is 54.4 Å². The lowest BCUT2D eigenvalue weighted by Gasteiger charge is -2.45. The van der Waals surface area contributed by atoms with E-state index in [1.807, 2.05) is 0 Å². The van der Waals surface area contributed by atoms with Crippen molar-refractivity contribution in [1.82, 2.24) is 4.90 Å². The molecular formula is C19H36N2. The zero-order valence-electron chi connectivity index (χ0n) is 15.2. The molecule has 0 aromatic heterocycles. The lowest BCUT2D eigenvalue weighted by atomic mass is 9.67. The highest BCUT2D eigenvalue weighted by Gasteiger charge is 2.38. The Labute approximate surface area is 132 Å². The van der Waals surface area contributed by atoms with E-state index in [1.165, 1.54) is 32.2 Å². The molecule has 1 rings (SSSR count). The molecule has 1 saturated carbocycles. The molecule has 122 valence electrons. The van der Waals surface area contributed by atoms with Crippen LogP contribution in [0.3, 0.4) is 0 Å². The van der Waals surface area contributed by atoms with Crippen molar-refractivity contribution in [2.75, 3.05) is 13.1 Å². The molecule has 0 radical (unpaired) electrons. The van der Waals surface area contributed by atoms with Crippen LogP contribution < -0.4 is 0 Å². The number of nitrogens with zero attached hydrogens (tertiary/aromatic N) is 2. The van der Waals surface area contributed by atoms with Crippen molar-refractivity contribution in [3.8, 4) is 6.07 Å². The van der Waals surface area contributed by atoms with Crippen LogP contribution in [0, 0.1) is 34.5 Å². The van der Waals surface area contributed by atoms with Gasteiger partial charge in [0.25, 0.3) is 0 Å². The summed E-state index contributed by atoms with van der Waals surface area (Å²) in [7, 11) is 0. The highest BCUT2D eigenvalue weighted by Crippen LogP contribution is 2.41. The molecule has 0 amide bonds. The summed E-state index contributed by atoms with van der Waals surface area (Å²) in [5.41, 5.74) is 0.368. The molecule has 3 atom stereocenters. The minimum Gasteiger partial charge on any atom is -0.299 e. The van der Waals surface area contributed by atoms with Gasteiger partial charge in [0.15, 0.2) is 0 Å². The fourth-order valence-electron chi connectivity index (χ4n) is 3.86. The Morgan fingerprint density at radius 1 is 1.14 bits per heavy atom. The van der Waals surface area contributed by atoms with Crippen molar-refractivity contribution in [2.45, 2.75) is 79.7 Å². The minimum atomic E-state index is 0.234. The molecule has 3 unspecified atom stereocenters. The largest absolute Gasteiger partial charge is 0.299 e. The summed E-state index contributed by atoms with van der Waals surface area (Å²) in [6, 6.07) is 3.08. The van der Waals surface area contributed by atoms with Gasteiger partial charge >= 0.3 is 0 Å². The van der Waals surface area contributed by atoms with Gasteiger partial charge in [-0.3, -0.25) is 4.90 Å². The van der Waals surface area contributed by atoms with E-state index in [2.05, 4.69) is 52.5 Å². The third-order valence-corrected chi connectivity index (χ3v) is 5.73. The Kier molecular flexibility index (Phi) is 7.21. The quantitative estimate of drug-likeness (QED) is 0.681. The first-order chi connectivity index (χ1) is 9.87. The number of rotatable bonds is 6. The van der Waals surface area contributed by atoms with Crippen molar-refractivity contribution in [3.05, 3.63) is 0 Å². The standard InChI is InChI=1S/C19H36N2/c1-7-15(8-2)14-21(9-3)18-12-17(19(4,5)6)11-10-16(18)13-20/h15-18H,7-12,14H2,1-6H3. The van der Waals surface area contributed by atoms with Crippen LogP contribution in [0.15, 0.2) is 0 Å². The van der Waals surface area contributed by atoms with E-state index in [1.54, 1.807) is 0 Å². The molecule has 0 saturated heterocycles. The highest BCUT2D eigenvalue weighted by atomic mass is 15.2. The molecule has 0 aromatic carbocycles. The number of nitriles is 1. The third-order valence-electron chi connectivity index (χ3n) is 5.73. The van der Waals surface area contributed by atoms with Gasteiger partial charge in [-0.05, 0) is 43.1 Å². The van der Waals surface area contributed by atoms with Crippen LogP contribution >= 0.6 is 0 Å². The first kappa shape index (κ1) is 18.5. The minimum absolute atomic E-state index is 0.234. The van der Waals surface area contributed by atoms with E-state index in [0.717, 1.165) is 24.8 Å². The van der Waals surface area contributed by atoms with Crippen molar-refractivity contribution in [1.29, 1.82) is 5.26 Å². The van der Waals surface area contributed by atoms with Crippen molar-refractivity contribution in [2.24, 2.45) is 23.2 Å². The second kappa shape index (κ2) is 8.18. The lowest BCUT2D eigenvalue weighted by Crippen LogP contribution is -2.47. The van der Waals surface area contributed by atoms with Gasteiger partial charge in [0, 0.05) is 12.6 Å². The Morgan fingerprint density at radius 3 is 2.19 bits per heavy atom. The fraction of sp³-hybridized carbons (Fsp3) is 0.947. The molecule has 0 spiro atoms. The van der Waals surface area contributed by atoms with E-state index in [-0.39, 0.29) is 5.92 Å². The maximum absolute atomic E-state index is 9.57. The van der Waals surface area contributed by atoms with Crippen LogP contribution in [0.1, 0.15) is 73.6 Å². The average Bonchev–Trinajstić information content (AvgIpc) is 2.47. The Hall–Kier alpha value is -0.550. The molecule has 2 nitrogen and oxygen atoms in total. The predicted molar refractivity (Wildman–Crippen MR) is 91.0 cm³/mol. The monoisotopic (exact) mass is 292 g/mol. The van der Waals surface area contributed by atoms with Crippen LogP contribution in [0.4, 0.5) is 0 Å². The molecule has 1 aliphatic carbocycles. The molecule has 21 heavy (non-hydrogen) atoms. The summed E-state index contributed by atoms with van der Waals surface area (Å²) in [6.07, 6.45) is 6.01. The normalized spacial score (nSPS) is 27.1. The van der Waals surface area contributed by atoms with Crippen LogP contribution in [0.5, 0.6) is 0 Å². The van der Waals surface area contributed by atoms with Crippen molar-refractivity contribution >= 4 is 0 Å². The topological polar surface area (TPSA) is 27.0 Å². The molecule has 0 heterocycles. The van der Waals surface area contributed by atoms with Gasteiger partial charge in [0.05, 0.1) is 12.0 Å². The van der Waals surface area contributed by atoms with E-state index in [4.69, 9.17) is 0 Å². The Bertz CT molecular complexity index is 332. The molecule has 0 N–H and O–H groups in total. The van der Waals surface area contributed by atoms with Crippen LogP contribution in [0.25, 0.3) is 0 Å². The summed E-state index contributed by atoms with van der Waals surface area (Å²) in [6.45, 7) is 16.2. The summed E-state index contributed by atoms with van der Waals surface area (Å²) in [5, 5.41) is 9.57. The molecule has 1 fully saturated rings. The first-order valence-corrected chi connectivity index (χ1v) is 9.00. The van der Waals surface area contributed by atoms with Gasteiger partial charge in [0.2, 0.25) is 0 Å². The van der Waals surface area contributed by atoms with Gasteiger partial charge in [-0.25, -0.2) is 0 Å². The molecule has 0 bridgehead atoms. The molecule has 2 heteroatoms. The van der Waals surface area contributed by atoms with Crippen molar-refractivity contribution < 1.29 is 0 Å². The first-order valence-electron chi connectivity index (χ1n) is 9.00. The van der Waals surface area contributed by atoms with Crippen LogP contribution in [0.2, 0.25) is 0 Å². The smallest absolute Gasteiger partial charge is 0.0672 e. The molecule has 1 aliphatic rings. The van der Waals surface area contributed by atoms with Crippen LogP contribution in [-0.4, -0.2) is 24.0 Å². The van der Waals surface area contributed by atoms with E-state index < -0.39 is 0 Å². The maximum Gasteiger partial charge on any atom is 0.0672 e. The van der Waals surface area contributed by atoms with Gasteiger partial charge < -0.3 is 0 Å². The van der Waals surface area contributed by atoms with E-state index in [9.17, 15) is 5.26 Å². The lowest BCUT2D eigenvalue weighted by molar-refractivity contribution is 0.0530. The summed E-state index contributed by atoms with van der Waals surface area (Å²) in [5.74, 6) is 1.76. The second-order valence-electron chi connectivity index (χ2n) is 7.95. The highest BCUT2D eigenvalue weighted by molar-refractivity contribution is 4.99. The summed E-state index contributed by atoms with van der Waals surface area (Å²) < 4.78 is 0. The van der Waals surface area contributed by atoms with Crippen molar-refractivity contribution in [3.63, 3.8) is 0 Å². The van der Waals surface area contributed by atoms with Gasteiger partial charge in [0.1, 0.15) is 0 Å². The van der Waals surface area contributed by atoms with Crippen LogP contribution in [-0.2, 0) is 0 Å². The van der Waals surface area contributed by atoms with Gasteiger partial charge in [-0.15, -0.1) is 0 Å². The molecule has 0 aromatic rings. The number of hydrogen-bond acceptors (Lipinski definition) is 2. The fourth-order valence-corrected chi connectivity index (χ4v) is 3.86. The Morgan fingerprint density at radius 2 is 1.76 bits per heavy atom. The molecular weight excluding hydrogens is 256 g/mol. The zero-order valence-corrected chi connectivity index (χ0v) is 15.2. The maximum atomic E-state index is 9.57. The van der Waals surface area contributed by atoms with E-state index >= 15 is 0 Å². The molecule has 0 aliphatic heterocycles. The van der Waals surface area contributed by atoms with E-state index in [0.29, 0.717) is 11.5 Å². The predicted octanol–water partition coefficient (Wildman–Crippen LogP) is 5.10. The zero-order chi connectivity index (χ0) is 16.0. The summed E-state index contributed by atoms with van der Waals surface area (Å²) in [4.78, 5) is 2.61. The third kappa shape index (κ3) is 4.99. The van der Waals surface area contributed by atoms with Gasteiger partial charge in [-0.2, -0.15) is 5.26 Å².